The SMILES string of the molecule is COCCOCCOCCS(=O)(=O)CC(C)(C)N(Cl)Cl. The summed E-state index contributed by atoms with van der Waals surface area (Å²) in [6.45, 7) is 5.19. The molecule has 0 aliphatic heterocycles. The zero-order chi connectivity index (χ0) is 15.6. The van der Waals surface area contributed by atoms with E-state index in [0.29, 0.717) is 26.4 Å². The largest absolute Gasteiger partial charge is 0.382 e. The molecule has 0 spiro atoms. The van der Waals surface area contributed by atoms with Gasteiger partial charge in [-0.05, 0) is 37.4 Å². The van der Waals surface area contributed by atoms with Gasteiger partial charge >= 0.3 is 0 Å². The lowest BCUT2D eigenvalue weighted by molar-refractivity contribution is 0.0284. The maximum absolute atomic E-state index is 11.9. The van der Waals surface area contributed by atoms with Crippen molar-refractivity contribution in [2.45, 2.75) is 19.4 Å². The van der Waals surface area contributed by atoms with Crippen LogP contribution in [0.1, 0.15) is 13.8 Å². The molecular weight excluding hydrogens is 329 g/mol. The maximum atomic E-state index is 11.9. The van der Waals surface area contributed by atoms with Crippen LogP contribution in [0.25, 0.3) is 0 Å². The minimum Gasteiger partial charge on any atom is -0.382 e. The highest BCUT2D eigenvalue weighted by Crippen LogP contribution is 2.21. The topological polar surface area (TPSA) is 65.1 Å². The van der Waals surface area contributed by atoms with E-state index in [1.54, 1.807) is 21.0 Å². The third kappa shape index (κ3) is 10.1. The van der Waals surface area contributed by atoms with Crippen LogP contribution < -0.4 is 0 Å². The second kappa shape index (κ2) is 10.2. The Hall–Kier alpha value is 0.370. The minimum atomic E-state index is -3.28. The summed E-state index contributed by atoms with van der Waals surface area (Å²) in [5, 5.41) is 0. The van der Waals surface area contributed by atoms with Crippen molar-refractivity contribution in [3.8, 4) is 0 Å². The molecule has 20 heavy (non-hydrogen) atoms. The number of hydrogen-bond donors (Lipinski definition) is 0. The molecule has 0 saturated carbocycles. The van der Waals surface area contributed by atoms with Crippen LogP contribution in [-0.2, 0) is 24.0 Å². The Morgan fingerprint density at radius 1 is 1.00 bits per heavy atom. The molecular formula is C11H23Cl2NO5S. The van der Waals surface area contributed by atoms with Crippen LogP contribution in [0.2, 0.25) is 0 Å². The Morgan fingerprint density at radius 2 is 1.50 bits per heavy atom. The summed E-state index contributed by atoms with van der Waals surface area (Å²) in [6.07, 6.45) is 0. The number of halogens is 2. The van der Waals surface area contributed by atoms with Gasteiger partial charge in [-0.15, -0.1) is 3.94 Å². The first kappa shape index (κ1) is 20.4. The summed E-state index contributed by atoms with van der Waals surface area (Å²) in [5.41, 5.74) is -0.842. The van der Waals surface area contributed by atoms with Crippen LogP contribution in [0.3, 0.4) is 0 Å². The molecule has 0 fully saturated rings. The lowest BCUT2D eigenvalue weighted by atomic mass is 10.1. The summed E-state index contributed by atoms with van der Waals surface area (Å²) >= 11 is 11.2. The highest BCUT2D eigenvalue weighted by atomic mass is 35.5. The van der Waals surface area contributed by atoms with Crippen molar-refractivity contribution in [2.24, 2.45) is 0 Å². The predicted molar refractivity (Wildman–Crippen MR) is 79.8 cm³/mol. The van der Waals surface area contributed by atoms with Crippen LogP contribution >= 0.6 is 23.6 Å². The van der Waals surface area contributed by atoms with Crippen LogP contribution in [-0.4, -0.2) is 69.5 Å². The van der Waals surface area contributed by atoms with Gasteiger partial charge in [0.2, 0.25) is 0 Å². The van der Waals surface area contributed by atoms with Gasteiger partial charge in [0, 0.05) is 7.11 Å². The van der Waals surface area contributed by atoms with Crippen molar-refractivity contribution in [2.75, 3.05) is 51.6 Å². The average Bonchev–Trinajstić information content (AvgIpc) is 2.31. The fourth-order valence-electron chi connectivity index (χ4n) is 1.31. The smallest absolute Gasteiger partial charge is 0.154 e. The molecule has 0 aromatic carbocycles. The molecule has 9 heteroatoms. The molecule has 0 atom stereocenters. The Kier molecular flexibility index (Phi) is 10.3. The Morgan fingerprint density at radius 3 is 2.00 bits per heavy atom. The molecule has 0 bridgehead atoms. The monoisotopic (exact) mass is 351 g/mol. The summed E-state index contributed by atoms with van der Waals surface area (Å²) in [4.78, 5) is 0. The highest BCUT2D eigenvalue weighted by molar-refractivity contribution is 7.91. The van der Waals surface area contributed by atoms with Crippen LogP contribution in [0, 0.1) is 0 Å². The van der Waals surface area contributed by atoms with Gasteiger partial charge in [0.1, 0.15) is 0 Å². The van der Waals surface area contributed by atoms with Gasteiger partial charge in [-0.3, -0.25) is 0 Å². The van der Waals surface area contributed by atoms with Gasteiger partial charge in [-0.1, -0.05) is 0 Å². The lowest BCUT2D eigenvalue weighted by Gasteiger charge is -2.26. The molecule has 0 saturated heterocycles. The summed E-state index contributed by atoms with van der Waals surface area (Å²) in [6, 6.07) is 0. The Labute approximate surface area is 131 Å². The number of sulfone groups is 1. The molecule has 0 aromatic rings. The summed E-state index contributed by atoms with van der Waals surface area (Å²) in [5.74, 6) is -0.211. The van der Waals surface area contributed by atoms with Gasteiger partial charge in [0.05, 0.1) is 50.1 Å². The number of nitrogens with zero attached hydrogens (tertiary/aromatic N) is 1. The summed E-state index contributed by atoms with van der Waals surface area (Å²) in [7, 11) is -1.69. The molecule has 0 N–H and O–H groups in total. The van der Waals surface area contributed by atoms with E-state index in [2.05, 4.69) is 0 Å². The van der Waals surface area contributed by atoms with E-state index in [0.717, 1.165) is 3.94 Å². The number of methoxy groups -OCH3 is 1. The van der Waals surface area contributed by atoms with Crippen molar-refractivity contribution in [1.29, 1.82) is 0 Å². The first-order valence-corrected chi connectivity index (χ1v) is 8.68. The molecule has 0 aliphatic rings. The van der Waals surface area contributed by atoms with E-state index >= 15 is 0 Å². The number of hydrogen-bond acceptors (Lipinski definition) is 6. The molecule has 0 heterocycles. The fourth-order valence-corrected chi connectivity index (χ4v) is 3.29. The first-order valence-electron chi connectivity index (χ1n) is 6.18. The van der Waals surface area contributed by atoms with E-state index < -0.39 is 15.4 Å². The molecule has 0 aliphatic carbocycles. The number of rotatable bonds is 12. The first-order chi connectivity index (χ1) is 9.21. The van der Waals surface area contributed by atoms with Gasteiger partial charge in [0.15, 0.2) is 9.84 Å². The maximum Gasteiger partial charge on any atom is 0.154 e. The molecule has 0 aromatic heterocycles. The van der Waals surface area contributed by atoms with E-state index in [-0.39, 0.29) is 18.1 Å². The second-order valence-corrected chi connectivity index (χ2v) is 7.89. The zero-order valence-electron chi connectivity index (χ0n) is 12.1. The molecule has 0 rings (SSSR count). The third-order valence-electron chi connectivity index (χ3n) is 2.37. The molecule has 6 nitrogen and oxygen atoms in total. The predicted octanol–water partition coefficient (Wildman–Crippen LogP) is 1.47. The standard InChI is InChI=1S/C11H23Cl2NO5S/c1-11(2,14(12)13)10-20(15,16)9-8-19-7-6-18-5-4-17-3/h4-10H2,1-3H3. The second-order valence-electron chi connectivity index (χ2n) is 4.85. The van der Waals surface area contributed by atoms with Gasteiger partial charge < -0.3 is 14.2 Å². The van der Waals surface area contributed by atoms with Crippen molar-refractivity contribution >= 4 is 33.4 Å². The lowest BCUT2D eigenvalue weighted by Crippen LogP contribution is -2.40. The Bertz CT molecular complexity index is 349. The van der Waals surface area contributed by atoms with Gasteiger partial charge in [-0.25, -0.2) is 8.42 Å². The van der Waals surface area contributed by atoms with Crippen molar-refractivity contribution < 1.29 is 22.6 Å². The zero-order valence-corrected chi connectivity index (χ0v) is 14.4. The van der Waals surface area contributed by atoms with E-state index in [1.807, 2.05) is 0 Å². The third-order valence-corrected chi connectivity index (χ3v) is 5.22. The van der Waals surface area contributed by atoms with Crippen molar-refractivity contribution in [1.82, 2.24) is 3.94 Å². The number of ether oxygens (including phenoxy) is 3. The quantitative estimate of drug-likeness (QED) is 0.392. The fraction of sp³-hybridized carbons (Fsp3) is 1.00. The van der Waals surface area contributed by atoms with Crippen LogP contribution in [0.15, 0.2) is 0 Å². The van der Waals surface area contributed by atoms with Crippen molar-refractivity contribution in [3.05, 3.63) is 0 Å². The van der Waals surface area contributed by atoms with Crippen molar-refractivity contribution in [3.63, 3.8) is 0 Å². The molecule has 0 unspecified atom stereocenters. The average molecular weight is 352 g/mol. The summed E-state index contributed by atoms with van der Waals surface area (Å²) < 4.78 is 39.7. The molecule has 0 amide bonds. The van der Waals surface area contributed by atoms with Gasteiger partial charge in [-0.2, -0.15) is 0 Å². The molecule has 0 radical (unpaired) electrons. The van der Waals surface area contributed by atoms with Crippen LogP contribution in [0.5, 0.6) is 0 Å². The minimum absolute atomic E-state index is 0.0733. The highest BCUT2D eigenvalue weighted by Gasteiger charge is 2.30. The van der Waals surface area contributed by atoms with Crippen LogP contribution in [0.4, 0.5) is 0 Å². The van der Waals surface area contributed by atoms with E-state index in [1.165, 1.54) is 0 Å². The van der Waals surface area contributed by atoms with E-state index in [4.69, 9.17) is 37.8 Å². The van der Waals surface area contributed by atoms with E-state index in [9.17, 15) is 8.42 Å². The Balaban J connectivity index is 3.79. The molecule has 122 valence electrons. The van der Waals surface area contributed by atoms with Gasteiger partial charge in [0.25, 0.3) is 0 Å². The normalized spacial score (nSPS) is 13.1.